The second-order valence-corrected chi connectivity index (χ2v) is 4.22. The molecule has 0 spiro atoms. The largest absolute Gasteiger partial charge is 0.574 e. The normalized spacial score (nSPS) is 11.6. The van der Waals surface area contributed by atoms with Crippen LogP contribution in [0.1, 0.15) is 30.2 Å². The number of halogens is 6. The predicted octanol–water partition coefficient (Wildman–Crippen LogP) is 3.76. The van der Waals surface area contributed by atoms with Crippen LogP contribution < -0.4 is 4.74 Å². The van der Waals surface area contributed by atoms with E-state index in [-0.39, 0.29) is 12.2 Å². The molecule has 0 amide bonds. The van der Waals surface area contributed by atoms with Crippen molar-refractivity contribution in [2.24, 2.45) is 0 Å². The summed E-state index contributed by atoms with van der Waals surface area (Å²) in [5.74, 6) is -2.38. The number of rotatable bonds is 6. The fourth-order valence-corrected chi connectivity index (χ4v) is 1.76. The van der Waals surface area contributed by atoms with E-state index >= 15 is 0 Å². The van der Waals surface area contributed by atoms with Gasteiger partial charge in [-0.2, -0.15) is 0 Å². The van der Waals surface area contributed by atoms with Crippen LogP contribution in [0.2, 0.25) is 0 Å². The lowest BCUT2D eigenvalue weighted by molar-refractivity contribution is -0.276. The summed E-state index contributed by atoms with van der Waals surface area (Å²) >= 11 is 5.42. The Morgan fingerprint density at radius 1 is 1.41 bits per heavy atom. The van der Waals surface area contributed by atoms with Gasteiger partial charge in [-0.25, -0.2) is 13.8 Å². The summed E-state index contributed by atoms with van der Waals surface area (Å²) in [6.45, 7) is 1.49. The maximum atomic E-state index is 13.0. The van der Waals surface area contributed by atoms with Crippen molar-refractivity contribution in [3.63, 3.8) is 0 Å². The van der Waals surface area contributed by atoms with Crippen molar-refractivity contribution < 1.29 is 36.2 Å². The van der Waals surface area contributed by atoms with E-state index in [1.54, 1.807) is 0 Å². The molecular weight excluding hydrogens is 337 g/mol. The van der Waals surface area contributed by atoms with Gasteiger partial charge in [0.25, 0.3) is 6.43 Å². The molecule has 0 bridgehead atoms. The van der Waals surface area contributed by atoms with Crippen molar-refractivity contribution in [2.75, 3.05) is 6.61 Å². The molecule has 22 heavy (non-hydrogen) atoms. The van der Waals surface area contributed by atoms with E-state index in [4.69, 9.17) is 11.6 Å². The Bertz CT molecular complexity index is 536. The third kappa shape index (κ3) is 5.28. The molecule has 0 aromatic carbocycles. The highest BCUT2D eigenvalue weighted by Crippen LogP contribution is 2.31. The Kier molecular flexibility index (Phi) is 6.34. The highest BCUT2D eigenvalue weighted by Gasteiger charge is 2.34. The Morgan fingerprint density at radius 2 is 2.05 bits per heavy atom. The summed E-state index contributed by atoms with van der Waals surface area (Å²) in [7, 11) is 0. The average molecular weight is 348 g/mol. The van der Waals surface area contributed by atoms with Crippen LogP contribution in [0.25, 0.3) is 0 Å². The molecule has 1 rings (SSSR count). The highest BCUT2D eigenvalue weighted by atomic mass is 35.5. The first-order valence-electron chi connectivity index (χ1n) is 5.96. The molecular formula is C12H11ClF5NO3. The highest BCUT2D eigenvalue weighted by molar-refractivity contribution is 6.17. The van der Waals surface area contributed by atoms with Crippen molar-refractivity contribution in [3.05, 3.63) is 22.9 Å². The molecule has 0 aliphatic heterocycles. The van der Waals surface area contributed by atoms with Gasteiger partial charge in [0.1, 0.15) is 0 Å². The minimum absolute atomic E-state index is 0.00544. The van der Waals surface area contributed by atoms with Gasteiger partial charge in [0.2, 0.25) is 5.88 Å². The third-order valence-electron chi connectivity index (χ3n) is 2.38. The number of pyridine rings is 1. The molecule has 0 saturated carbocycles. The van der Waals surface area contributed by atoms with Gasteiger partial charge < -0.3 is 9.47 Å². The van der Waals surface area contributed by atoms with Crippen molar-refractivity contribution in [2.45, 2.75) is 32.0 Å². The quantitative estimate of drug-likeness (QED) is 0.446. The van der Waals surface area contributed by atoms with Gasteiger partial charge in [-0.05, 0) is 13.0 Å². The molecule has 0 aliphatic rings. The van der Waals surface area contributed by atoms with Gasteiger partial charge in [0.05, 0.1) is 24.6 Å². The van der Waals surface area contributed by atoms with Gasteiger partial charge >= 0.3 is 12.3 Å². The molecule has 1 aromatic heterocycles. The van der Waals surface area contributed by atoms with Crippen LogP contribution in [0.5, 0.6) is 5.88 Å². The van der Waals surface area contributed by atoms with Crippen LogP contribution in [0.15, 0.2) is 6.07 Å². The summed E-state index contributed by atoms with van der Waals surface area (Å²) in [5.41, 5.74) is -1.61. The summed E-state index contributed by atoms with van der Waals surface area (Å²) in [5, 5.41) is 0. The van der Waals surface area contributed by atoms with Gasteiger partial charge in [-0.15, -0.1) is 24.8 Å². The summed E-state index contributed by atoms with van der Waals surface area (Å²) in [4.78, 5) is 14.7. The van der Waals surface area contributed by atoms with Crippen molar-refractivity contribution in [3.8, 4) is 5.88 Å². The van der Waals surface area contributed by atoms with Crippen LogP contribution in [-0.2, 0) is 21.8 Å². The molecule has 124 valence electrons. The zero-order valence-electron chi connectivity index (χ0n) is 11.2. The molecule has 0 N–H and O–H groups in total. The second-order valence-electron chi connectivity index (χ2n) is 3.95. The Morgan fingerprint density at radius 3 is 2.50 bits per heavy atom. The number of carbonyl (C=O) groups is 1. The van der Waals surface area contributed by atoms with Crippen LogP contribution in [0, 0.1) is 0 Å². The molecule has 1 aromatic rings. The van der Waals surface area contributed by atoms with Gasteiger partial charge in [0, 0.05) is 11.1 Å². The zero-order chi connectivity index (χ0) is 16.9. The van der Waals surface area contributed by atoms with E-state index in [0.717, 1.165) is 6.07 Å². The maximum Gasteiger partial charge on any atom is 0.574 e. The fraction of sp³-hybridized carbons (Fsp3) is 0.500. The van der Waals surface area contributed by atoms with E-state index in [1.165, 1.54) is 6.92 Å². The molecule has 1 heterocycles. The van der Waals surface area contributed by atoms with E-state index in [2.05, 4.69) is 14.5 Å². The topological polar surface area (TPSA) is 48.4 Å². The first-order valence-corrected chi connectivity index (χ1v) is 6.49. The van der Waals surface area contributed by atoms with Gasteiger partial charge in [-0.1, -0.05) is 0 Å². The fourth-order valence-electron chi connectivity index (χ4n) is 1.56. The third-order valence-corrected chi connectivity index (χ3v) is 2.67. The maximum absolute atomic E-state index is 13.0. The first-order chi connectivity index (χ1) is 10.2. The van der Waals surface area contributed by atoms with Crippen molar-refractivity contribution in [1.82, 2.24) is 4.98 Å². The molecule has 4 nitrogen and oxygen atoms in total. The summed E-state index contributed by atoms with van der Waals surface area (Å²) in [6.07, 6.45) is -8.81. The zero-order valence-corrected chi connectivity index (χ0v) is 12.0. The molecule has 0 aliphatic carbocycles. The average Bonchev–Trinajstić information content (AvgIpc) is 2.36. The summed E-state index contributed by atoms with van der Waals surface area (Å²) < 4.78 is 71.0. The van der Waals surface area contributed by atoms with Crippen LogP contribution in [0.4, 0.5) is 22.0 Å². The Balaban J connectivity index is 3.26. The molecule has 0 saturated heterocycles. The minimum Gasteiger partial charge on any atom is -0.466 e. The molecule has 0 radical (unpaired) electrons. The monoisotopic (exact) mass is 347 g/mol. The lowest BCUT2D eigenvalue weighted by Crippen LogP contribution is -2.20. The van der Waals surface area contributed by atoms with E-state index < -0.39 is 48.2 Å². The van der Waals surface area contributed by atoms with Crippen molar-refractivity contribution in [1.29, 1.82) is 0 Å². The molecule has 0 fully saturated rings. The first kappa shape index (κ1) is 18.4. The SMILES string of the molecule is CCOC(=O)Cc1nc(OC(F)(F)F)c(CCl)cc1C(F)F. The number of hydrogen-bond acceptors (Lipinski definition) is 4. The molecule has 0 atom stereocenters. The number of esters is 1. The number of carbonyl (C=O) groups excluding carboxylic acids is 1. The van der Waals surface area contributed by atoms with Gasteiger partial charge in [-0.3, -0.25) is 4.79 Å². The van der Waals surface area contributed by atoms with E-state index in [0.29, 0.717) is 0 Å². The van der Waals surface area contributed by atoms with Crippen molar-refractivity contribution >= 4 is 17.6 Å². The smallest absolute Gasteiger partial charge is 0.466 e. The second kappa shape index (κ2) is 7.57. The Labute approximate surface area is 127 Å². The van der Waals surface area contributed by atoms with E-state index in [9.17, 15) is 26.7 Å². The van der Waals surface area contributed by atoms with Crippen LogP contribution in [-0.4, -0.2) is 23.9 Å². The lowest BCUT2D eigenvalue weighted by Gasteiger charge is -2.15. The minimum atomic E-state index is -5.07. The standard InChI is InChI=1S/C12H11ClF5NO3/c1-2-21-9(20)4-8-7(10(14)15)3-6(5-13)11(19-8)22-12(16,17)18/h3,10H,2,4-5H2,1H3. The summed E-state index contributed by atoms with van der Waals surface area (Å²) in [6, 6.07) is 0.736. The predicted molar refractivity (Wildman–Crippen MR) is 65.8 cm³/mol. The number of hydrogen-bond donors (Lipinski definition) is 0. The van der Waals surface area contributed by atoms with Crippen LogP contribution >= 0.6 is 11.6 Å². The lowest BCUT2D eigenvalue weighted by atomic mass is 10.1. The Hall–Kier alpha value is -1.64. The number of nitrogens with zero attached hydrogens (tertiary/aromatic N) is 1. The van der Waals surface area contributed by atoms with E-state index in [1.807, 2.05) is 0 Å². The van der Waals surface area contributed by atoms with Crippen LogP contribution in [0.3, 0.4) is 0 Å². The molecule has 10 heteroatoms. The number of alkyl halides is 6. The number of aromatic nitrogens is 1. The molecule has 0 unspecified atom stereocenters. The van der Waals surface area contributed by atoms with Gasteiger partial charge in [0.15, 0.2) is 0 Å². The number of ether oxygens (including phenoxy) is 2.